The summed E-state index contributed by atoms with van der Waals surface area (Å²) in [5.74, 6) is 1.22. The van der Waals surface area contributed by atoms with Gasteiger partial charge in [0.2, 0.25) is 0 Å². The average molecular weight is 322 g/mol. The summed E-state index contributed by atoms with van der Waals surface area (Å²) in [5.41, 5.74) is 2.09. The highest BCUT2D eigenvalue weighted by molar-refractivity contribution is 5.77. The van der Waals surface area contributed by atoms with Gasteiger partial charge < -0.3 is 10.1 Å². The molecule has 0 aliphatic heterocycles. The van der Waals surface area contributed by atoms with Crippen molar-refractivity contribution in [2.75, 3.05) is 6.61 Å². The van der Waals surface area contributed by atoms with Crippen molar-refractivity contribution in [2.45, 2.75) is 13.5 Å². The molecule has 3 rings (SSSR count). The number of hydrogen-bond donors (Lipinski definition) is 1. The maximum absolute atomic E-state index is 11.9. The maximum atomic E-state index is 11.9. The summed E-state index contributed by atoms with van der Waals surface area (Å²) < 4.78 is 7.13. The Labute approximate surface area is 140 Å². The molecule has 0 radical (unpaired) electrons. The smallest absolute Gasteiger partial charge is 0.258 e. The number of aromatic nitrogens is 3. The lowest BCUT2D eigenvalue weighted by Crippen LogP contribution is -2.28. The van der Waals surface area contributed by atoms with Crippen LogP contribution in [0.3, 0.4) is 0 Å². The molecule has 0 saturated heterocycles. The fourth-order valence-corrected chi connectivity index (χ4v) is 2.14. The third kappa shape index (κ3) is 4.19. The van der Waals surface area contributed by atoms with E-state index < -0.39 is 0 Å². The van der Waals surface area contributed by atoms with Crippen LogP contribution in [-0.2, 0) is 11.3 Å². The average Bonchev–Trinajstić information content (AvgIpc) is 3.14. The second-order valence-electron chi connectivity index (χ2n) is 5.35. The highest BCUT2D eigenvalue weighted by Crippen LogP contribution is 2.11. The number of amides is 1. The molecular formula is C18H18N4O2. The maximum Gasteiger partial charge on any atom is 0.258 e. The summed E-state index contributed by atoms with van der Waals surface area (Å²) >= 11 is 0. The molecule has 1 amide bonds. The van der Waals surface area contributed by atoms with Crippen molar-refractivity contribution in [3.05, 3.63) is 72.2 Å². The summed E-state index contributed by atoms with van der Waals surface area (Å²) in [6.45, 7) is 2.40. The number of rotatable bonds is 6. The lowest BCUT2D eigenvalue weighted by atomic mass is 10.2. The van der Waals surface area contributed by atoms with Crippen LogP contribution in [0.4, 0.5) is 0 Å². The molecule has 3 aromatic rings. The number of benzene rings is 1. The van der Waals surface area contributed by atoms with Gasteiger partial charge >= 0.3 is 0 Å². The third-order valence-electron chi connectivity index (χ3n) is 3.43. The number of ether oxygens (including phenoxy) is 1. The van der Waals surface area contributed by atoms with Crippen molar-refractivity contribution in [1.82, 2.24) is 20.1 Å². The summed E-state index contributed by atoms with van der Waals surface area (Å²) in [4.78, 5) is 16.2. The minimum absolute atomic E-state index is 0.0137. The first kappa shape index (κ1) is 15.7. The molecule has 0 bridgehead atoms. The number of carbonyl (C=O) groups excluding carboxylic acids is 1. The Kier molecular flexibility index (Phi) is 4.86. The predicted molar refractivity (Wildman–Crippen MR) is 89.9 cm³/mol. The number of carbonyl (C=O) groups is 1. The van der Waals surface area contributed by atoms with E-state index in [2.05, 4.69) is 15.4 Å². The van der Waals surface area contributed by atoms with E-state index in [1.54, 1.807) is 17.1 Å². The van der Waals surface area contributed by atoms with Gasteiger partial charge in [0, 0.05) is 25.1 Å². The number of nitrogens with zero attached hydrogens (tertiary/aromatic N) is 3. The van der Waals surface area contributed by atoms with Gasteiger partial charge in [-0.2, -0.15) is 5.10 Å². The molecule has 1 N–H and O–H groups in total. The van der Waals surface area contributed by atoms with E-state index in [1.807, 2.05) is 55.6 Å². The lowest BCUT2D eigenvalue weighted by Gasteiger charge is -2.08. The monoisotopic (exact) mass is 322 g/mol. The van der Waals surface area contributed by atoms with Crippen molar-refractivity contribution >= 4 is 5.91 Å². The Hall–Kier alpha value is -3.15. The number of nitrogens with one attached hydrogen (secondary N) is 1. The van der Waals surface area contributed by atoms with Crippen LogP contribution in [0.15, 0.2) is 61.1 Å². The molecule has 0 atom stereocenters. The van der Waals surface area contributed by atoms with Crippen molar-refractivity contribution in [2.24, 2.45) is 0 Å². The van der Waals surface area contributed by atoms with E-state index in [-0.39, 0.29) is 12.5 Å². The van der Waals surface area contributed by atoms with E-state index in [0.717, 1.165) is 11.1 Å². The van der Waals surface area contributed by atoms with Crippen molar-refractivity contribution < 1.29 is 9.53 Å². The van der Waals surface area contributed by atoms with E-state index in [0.29, 0.717) is 18.1 Å². The zero-order valence-electron chi connectivity index (χ0n) is 13.3. The Morgan fingerprint density at radius 2 is 2.04 bits per heavy atom. The normalized spacial score (nSPS) is 10.4. The minimum atomic E-state index is -0.173. The Balaban J connectivity index is 1.51. The molecule has 24 heavy (non-hydrogen) atoms. The molecule has 122 valence electrons. The molecule has 2 heterocycles. The van der Waals surface area contributed by atoms with Gasteiger partial charge in [-0.15, -0.1) is 0 Å². The molecule has 6 heteroatoms. The summed E-state index contributed by atoms with van der Waals surface area (Å²) in [6, 6.07) is 13.2. The number of aryl methyl sites for hydroxylation is 1. The van der Waals surface area contributed by atoms with Crippen LogP contribution in [0.5, 0.6) is 5.75 Å². The van der Waals surface area contributed by atoms with E-state index in [4.69, 9.17) is 4.74 Å². The van der Waals surface area contributed by atoms with Gasteiger partial charge in [0.1, 0.15) is 5.75 Å². The van der Waals surface area contributed by atoms with Crippen molar-refractivity contribution in [3.63, 3.8) is 0 Å². The summed E-state index contributed by atoms with van der Waals surface area (Å²) in [7, 11) is 0. The molecular weight excluding hydrogens is 304 g/mol. The molecule has 0 fully saturated rings. The van der Waals surface area contributed by atoms with E-state index in [9.17, 15) is 4.79 Å². The van der Waals surface area contributed by atoms with Crippen molar-refractivity contribution in [3.8, 4) is 11.6 Å². The fraction of sp³-hybridized carbons (Fsp3) is 0.167. The summed E-state index contributed by atoms with van der Waals surface area (Å²) in [6.07, 6.45) is 5.21. The second kappa shape index (κ2) is 7.41. The van der Waals surface area contributed by atoms with Gasteiger partial charge in [-0.1, -0.05) is 17.7 Å². The molecule has 0 spiro atoms. The van der Waals surface area contributed by atoms with Gasteiger partial charge in [-0.3, -0.25) is 4.79 Å². The van der Waals surface area contributed by atoms with Gasteiger partial charge in [0.05, 0.1) is 0 Å². The van der Waals surface area contributed by atoms with Crippen LogP contribution in [0.25, 0.3) is 5.82 Å². The molecule has 0 unspecified atom stereocenters. The Bertz CT molecular complexity index is 798. The first-order valence-electron chi connectivity index (χ1n) is 7.62. The number of pyridine rings is 1. The molecule has 1 aromatic carbocycles. The Morgan fingerprint density at radius 1 is 1.21 bits per heavy atom. The molecule has 0 saturated carbocycles. The highest BCUT2D eigenvalue weighted by atomic mass is 16.5. The van der Waals surface area contributed by atoms with Gasteiger partial charge in [-0.05, 0) is 42.8 Å². The van der Waals surface area contributed by atoms with Crippen molar-refractivity contribution in [1.29, 1.82) is 0 Å². The largest absolute Gasteiger partial charge is 0.484 e. The second-order valence-corrected chi connectivity index (χ2v) is 5.35. The molecule has 6 nitrogen and oxygen atoms in total. The number of hydrogen-bond acceptors (Lipinski definition) is 4. The summed E-state index contributed by atoms with van der Waals surface area (Å²) in [5, 5.41) is 6.97. The van der Waals surface area contributed by atoms with E-state index in [1.165, 1.54) is 0 Å². The standard InChI is InChI=1S/C18H18N4O2/c1-14-3-5-16(6-4-14)24-13-18(23)20-12-15-7-9-19-17(11-15)22-10-2-8-21-22/h2-11H,12-13H2,1H3,(H,20,23). The van der Waals surface area contributed by atoms with Gasteiger partial charge in [-0.25, -0.2) is 9.67 Å². The minimum Gasteiger partial charge on any atom is -0.484 e. The highest BCUT2D eigenvalue weighted by Gasteiger charge is 2.04. The van der Waals surface area contributed by atoms with E-state index >= 15 is 0 Å². The van der Waals surface area contributed by atoms with Crippen LogP contribution in [-0.4, -0.2) is 27.3 Å². The first-order valence-corrected chi connectivity index (χ1v) is 7.62. The zero-order valence-corrected chi connectivity index (χ0v) is 13.3. The fourth-order valence-electron chi connectivity index (χ4n) is 2.14. The Morgan fingerprint density at radius 3 is 2.79 bits per heavy atom. The lowest BCUT2D eigenvalue weighted by molar-refractivity contribution is -0.123. The van der Waals surface area contributed by atoms with Crippen LogP contribution >= 0.6 is 0 Å². The molecule has 2 aromatic heterocycles. The zero-order chi connectivity index (χ0) is 16.8. The third-order valence-corrected chi connectivity index (χ3v) is 3.43. The van der Waals surface area contributed by atoms with Crippen LogP contribution in [0.1, 0.15) is 11.1 Å². The van der Waals surface area contributed by atoms with Gasteiger partial charge in [0.25, 0.3) is 5.91 Å². The predicted octanol–water partition coefficient (Wildman–Crippen LogP) is 2.27. The molecule has 0 aliphatic rings. The van der Waals surface area contributed by atoms with Crippen LogP contribution in [0, 0.1) is 6.92 Å². The van der Waals surface area contributed by atoms with Crippen LogP contribution < -0.4 is 10.1 Å². The first-order chi connectivity index (χ1) is 11.7. The quantitative estimate of drug-likeness (QED) is 0.756. The molecule has 0 aliphatic carbocycles. The van der Waals surface area contributed by atoms with Crippen LogP contribution in [0.2, 0.25) is 0 Å². The topological polar surface area (TPSA) is 69.0 Å². The SMILES string of the molecule is Cc1ccc(OCC(=O)NCc2ccnc(-n3cccn3)c2)cc1. The van der Waals surface area contributed by atoms with Gasteiger partial charge in [0.15, 0.2) is 12.4 Å².